The maximum atomic E-state index is 12.3. The number of ketones is 1. The third-order valence-corrected chi connectivity index (χ3v) is 2.27. The summed E-state index contributed by atoms with van der Waals surface area (Å²) in [5, 5.41) is 0. The number of benzene rings is 1. The fourth-order valence-corrected chi connectivity index (χ4v) is 1.34. The lowest BCUT2D eigenvalue weighted by molar-refractivity contribution is -0.137. The first-order chi connectivity index (χ1) is 7.93. The molecule has 0 N–H and O–H groups in total. The minimum absolute atomic E-state index is 0.0494. The van der Waals surface area contributed by atoms with Crippen LogP contribution in [0.4, 0.5) is 13.2 Å². The lowest BCUT2D eigenvalue weighted by atomic mass is 10.1. The van der Waals surface area contributed by atoms with Crippen LogP contribution in [0.3, 0.4) is 0 Å². The number of Topliss-reactive ketones (excluding diaryl/α,β-unsaturated/α-hetero) is 1. The molecule has 17 heavy (non-hydrogen) atoms. The van der Waals surface area contributed by atoms with Gasteiger partial charge in [0, 0.05) is 20.0 Å². The van der Waals surface area contributed by atoms with Crippen molar-refractivity contribution in [1.82, 2.24) is 0 Å². The highest BCUT2D eigenvalue weighted by atomic mass is 19.4. The molecule has 5 heteroatoms. The van der Waals surface area contributed by atoms with Crippen molar-refractivity contribution in [2.45, 2.75) is 19.0 Å². The van der Waals surface area contributed by atoms with Gasteiger partial charge in [0.2, 0.25) is 0 Å². The van der Waals surface area contributed by atoms with E-state index in [4.69, 9.17) is 4.74 Å². The standard InChI is InChI=1S/C12H13F3O2/c1-17-7-6-11(16)8-9-2-4-10(5-3-9)12(13,14)15/h2-5H,6-8H2,1H3. The molecule has 1 rings (SSSR count). The molecule has 0 aliphatic rings. The van der Waals surface area contributed by atoms with E-state index < -0.39 is 11.7 Å². The van der Waals surface area contributed by atoms with E-state index in [0.29, 0.717) is 12.2 Å². The smallest absolute Gasteiger partial charge is 0.384 e. The van der Waals surface area contributed by atoms with Crippen LogP contribution in [0.15, 0.2) is 24.3 Å². The van der Waals surface area contributed by atoms with E-state index in [2.05, 4.69) is 0 Å². The maximum Gasteiger partial charge on any atom is 0.416 e. The molecule has 0 fully saturated rings. The number of hydrogen-bond donors (Lipinski definition) is 0. The molecule has 0 radical (unpaired) electrons. The Hall–Kier alpha value is -1.36. The van der Waals surface area contributed by atoms with Crippen LogP contribution in [0.5, 0.6) is 0 Å². The molecule has 0 atom stereocenters. The number of alkyl halides is 3. The van der Waals surface area contributed by atoms with Crippen molar-refractivity contribution in [2.75, 3.05) is 13.7 Å². The first-order valence-corrected chi connectivity index (χ1v) is 5.10. The van der Waals surface area contributed by atoms with Gasteiger partial charge in [-0.25, -0.2) is 0 Å². The van der Waals surface area contributed by atoms with Gasteiger partial charge in [0.25, 0.3) is 0 Å². The molecule has 0 saturated carbocycles. The molecule has 2 nitrogen and oxygen atoms in total. The minimum atomic E-state index is -4.33. The van der Waals surface area contributed by atoms with E-state index in [1.54, 1.807) is 0 Å². The van der Waals surface area contributed by atoms with Crippen LogP contribution in [0.25, 0.3) is 0 Å². The highest BCUT2D eigenvalue weighted by molar-refractivity contribution is 5.80. The van der Waals surface area contributed by atoms with Crippen LogP contribution in [0, 0.1) is 0 Å². The van der Waals surface area contributed by atoms with Crippen molar-refractivity contribution < 1.29 is 22.7 Å². The van der Waals surface area contributed by atoms with Crippen molar-refractivity contribution in [3.63, 3.8) is 0 Å². The molecule has 0 aliphatic carbocycles. The van der Waals surface area contributed by atoms with Gasteiger partial charge in [0.05, 0.1) is 12.2 Å². The molecule has 0 aromatic heterocycles. The molecule has 1 aromatic rings. The summed E-state index contributed by atoms with van der Waals surface area (Å²) in [6.45, 7) is 0.333. The summed E-state index contributed by atoms with van der Waals surface area (Å²) in [5.41, 5.74) is -0.121. The number of ether oxygens (including phenoxy) is 1. The number of halogens is 3. The summed E-state index contributed by atoms with van der Waals surface area (Å²) < 4.78 is 41.5. The molecule has 0 amide bonds. The monoisotopic (exact) mass is 246 g/mol. The summed E-state index contributed by atoms with van der Waals surface area (Å²) in [4.78, 5) is 11.4. The maximum absolute atomic E-state index is 12.3. The summed E-state index contributed by atoms with van der Waals surface area (Å²) in [5.74, 6) is -0.0494. The Morgan fingerprint density at radius 3 is 2.29 bits per heavy atom. The summed E-state index contributed by atoms with van der Waals surface area (Å²) in [6.07, 6.45) is -3.92. The summed E-state index contributed by atoms with van der Waals surface area (Å²) >= 11 is 0. The van der Waals surface area contributed by atoms with Gasteiger partial charge in [0.15, 0.2) is 0 Å². The average Bonchev–Trinajstić information content (AvgIpc) is 2.26. The summed E-state index contributed by atoms with van der Waals surface area (Å²) in [7, 11) is 1.49. The van der Waals surface area contributed by atoms with Crippen molar-refractivity contribution in [1.29, 1.82) is 0 Å². The van der Waals surface area contributed by atoms with Gasteiger partial charge in [-0.15, -0.1) is 0 Å². The topological polar surface area (TPSA) is 26.3 Å². The van der Waals surface area contributed by atoms with Gasteiger partial charge in [-0.3, -0.25) is 4.79 Å². The van der Waals surface area contributed by atoms with E-state index in [1.807, 2.05) is 0 Å². The van der Waals surface area contributed by atoms with Gasteiger partial charge >= 0.3 is 6.18 Å². The third kappa shape index (κ3) is 4.56. The van der Waals surface area contributed by atoms with Gasteiger partial charge in [-0.05, 0) is 17.7 Å². The first kappa shape index (κ1) is 13.7. The second kappa shape index (κ2) is 5.82. The van der Waals surface area contributed by atoms with E-state index in [1.165, 1.54) is 19.2 Å². The first-order valence-electron chi connectivity index (χ1n) is 5.10. The number of hydrogen-bond acceptors (Lipinski definition) is 2. The van der Waals surface area contributed by atoms with Crippen LogP contribution in [0.1, 0.15) is 17.5 Å². The molecule has 0 bridgehead atoms. The number of carbonyl (C=O) groups is 1. The SMILES string of the molecule is COCCC(=O)Cc1ccc(C(F)(F)F)cc1. The molecule has 1 aromatic carbocycles. The molecular formula is C12H13F3O2. The van der Waals surface area contributed by atoms with Crippen LogP contribution in [0.2, 0.25) is 0 Å². The van der Waals surface area contributed by atoms with Crippen molar-refractivity contribution >= 4 is 5.78 Å². The van der Waals surface area contributed by atoms with E-state index in [9.17, 15) is 18.0 Å². The lowest BCUT2D eigenvalue weighted by Crippen LogP contribution is -2.07. The number of methoxy groups -OCH3 is 1. The van der Waals surface area contributed by atoms with Crippen LogP contribution >= 0.6 is 0 Å². The minimum Gasteiger partial charge on any atom is -0.384 e. The molecule has 0 spiro atoms. The quantitative estimate of drug-likeness (QED) is 0.798. The van der Waals surface area contributed by atoms with E-state index >= 15 is 0 Å². The van der Waals surface area contributed by atoms with E-state index in [0.717, 1.165) is 12.1 Å². The molecular weight excluding hydrogens is 233 g/mol. The largest absolute Gasteiger partial charge is 0.416 e. The Morgan fingerprint density at radius 2 is 1.82 bits per heavy atom. The lowest BCUT2D eigenvalue weighted by Gasteiger charge is -2.07. The van der Waals surface area contributed by atoms with E-state index in [-0.39, 0.29) is 18.6 Å². The second-order valence-corrected chi connectivity index (χ2v) is 3.65. The highest BCUT2D eigenvalue weighted by Crippen LogP contribution is 2.29. The zero-order valence-electron chi connectivity index (χ0n) is 9.38. The second-order valence-electron chi connectivity index (χ2n) is 3.65. The fraction of sp³-hybridized carbons (Fsp3) is 0.417. The zero-order chi connectivity index (χ0) is 12.9. The molecule has 94 valence electrons. The highest BCUT2D eigenvalue weighted by Gasteiger charge is 2.29. The van der Waals surface area contributed by atoms with Gasteiger partial charge in [-0.1, -0.05) is 12.1 Å². The summed E-state index contributed by atoms with van der Waals surface area (Å²) in [6, 6.07) is 4.62. The zero-order valence-corrected chi connectivity index (χ0v) is 9.38. The predicted octanol–water partition coefficient (Wildman–Crippen LogP) is 2.85. The van der Waals surface area contributed by atoms with Crippen molar-refractivity contribution in [2.24, 2.45) is 0 Å². The van der Waals surface area contributed by atoms with Crippen molar-refractivity contribution in [3.05, 3.63) is 35.4 Å². The fourth-order valence-electron chi connectivity index (χ4n) is 1.34. The molecule has 0 saturated heterocycles. The van der Waals surface area contributed by atoms with Crippen LogP contribution in [-0.2, 0) is 22.1 Å². The number of rotatable bonds is 5. The number of carbonyl (C=O) groups excluding carboxylic acids is 1. The average molecular weight is 246 g/mol. The molecule has 0 aliphatic heterocycles. The normalized spacial score (nSPS) is 11.5. The van der Waals surface area contributed by atoms with Crippen molar-refractivity contribution in [3.8, 4) is 0 Å². The third-order valence-electron chi connectivity index (χ3n) is 2.27. The van der Waals surface area contributed by atoms with Crippen LogP contribution in [-0.4, -0.2) is 19.5 Å². The van der Waals surface area contributed by atoms with Gasteiger partial charge < -0.3 is 4.74 Å². The Kier molecular flexibility index (Phi) is 4.69. The van der Waals surface area contributed by atoms with Gasteiger partial charge in [0.1, 0.15) is 5.78 Å². The Morgan fingerprint density at radius 1 is 1.24 bits per heavy atom. The van der Waals surface area contributed by atoms with Gasteiger partial charge in [-0.2, -0.15) is 13.2 Å². The Bertz CT molecular complexity index is 368. The molecule has 0 unspecified atom stereocenters. The molecule has 0 heterocycles. The predicted molar refractivity (Wildman–Crippen MR) is 56.6 cm³/mol. The van der Waals surface area contributed by atoms with Crippen LogP contribution < -0.4 is 0 Å². The Balaban J connectivity index is 2.60. The Labute approximate surface area is 97.4 Å².